The van der Waals surface area contributed by atoms with E-state index in [0.29, 0.717) is 0 Å². The standard InChI is InChI=1S/C15H17N7.2C2HF3O2/c1-2-13(6-16-3-1)8-20-4-5-22-14(7-18-15(22)10-20)9-21-12-17-11-19-21;2*3-2(4,5)1(6)7/h1-3,6-7,11-12H,4-5,8-10H2;2*(H,6,7). The SMILES string of the molecule is O=C(O)C(F)(F)F.O=C(O)C(F)(F)F.c1cncc(CN2CCn3c(Cn4cncn4)cnc3C2)c1. The Balaban J connectivity index is 0.000000271. The van der Waals surface area contributed by atoms with E-state index in [4.69, 9.17) is 19.8 Å². The summed E-state index contributed by atoms with van der Waals surface area (Å²) < 4.78 is 67.6. The number of carbonyl (C=O) groups is 2. The van der Waals surface area contributed by atoms with Gasteiger partial charge in [-0.15, -0.1) is 0 Å². The van der Waals surface area contributed by atoms with Gasteiger partial charge in [0.2, 0.25) is 0 Å². The smallest absolute Gasteiger partial charge is 0.475 e. The molecule has 2 N–H and O–H groups in total. The van der Waals surface area contributed by atoms with Crippen LogP contribution in [0, 0.1) is 0 Å². The number of hydrogen-bond donors (Lipinski definition) is 2. The molecule has 11 nitrogen and oxygen atoms in total. The van der Waals surface area contributed by atoms with Gasteiger partial charge in [0.1, 0.15) is 18.5 Å². The molecule has 0 atom stereocenters. The number of hydrogen-bond acceptors (Lipinski definition) is 7. The van der Waals surface area contributed by atoms with Crippen LogP contribution in [-0.2, 0) is 35.8 Å². The molecule has 0 bridgehead atoms. The molecule has 4 heterocycles. The molecule has 3 aromatic rings. The average Bonchev–Trinajstić information content (AvgIpc) is 3.44. The molecule has 17 heteroatoms. The summed E-state index contributed by atoms with van der Waals surface area (Å²) >= 11 is 0. The van der Waals surface area contributed by atoms with Gasteiger partial charge in [-0.05, 0) is 11.6 Å². The van der Waals surface area contributed by atoms with E-state index in [1.54, 1.807) is 12.7 Å². The van der Waals surface area contributed by atoms with Gasteiger partial charge in [0.05, 0.1) is 25.0 Å². The molecule has 0 radical (unpaired) electrons. The van der Waals surface area contributed by atoms with Crippen LogP contribution in [0.2, 0.25) is 0 Å². The number of carboxylic acid groups (broad SMARTS) is 2. The molecule has 0 amide bonds. The van der Waals surface area contributed by atoms with Crippen molar-refractivity contribution in [2.24, 2.45) is 0 Å². The van der Waals surface area contributed by atoms with Gasteiger partial charge in [-0.1, -0.05) is 6.07 Å². The maximum atomic E-state index is 10.6. The van der Waals surface area contributed by atoms with E-state index in [1.165, 1.54) is 11.3 Å². The highest BCUT2D eigenvalue weighted by atomic mass is 19.4. The van der Waals surface area contributed by atoms with E-state index in [0.717, 1.165) is 38.5 Å². The van der Waals surface area contributed by atoms with Crippen LogP contribution in [0.3, 0.4) is 0 Å². The Labute approximate surface area is 198 Å². The zero-order chi connectivity index (χ0) is 26.9. The third-order valence-electron chi connectivity index (χ3n) is 4.43. The van der Waals surface area contributed by atoms with Gasteiger partial charge in [-0.3, -0.25) is 9.88 Å². The second-order valence-corrected chi connectivity index (χ2v) is 7.09. The third kappa shape index (κ3) is 8.97. The highest BCUT2D eigenvalue weighted by Gasteiger charge is 2.38. The molecule has 0 saturated heterocycles. The first-order chi connectivity index (χ1) is 16.8. The Morgan fingerprint density at radius 3 is 2.08 bits per heavy atom. The third-order valence-corrected chi connectivity index (χ3v) is 4.43. The fourth-order valence-electron chi connectivity index (χ4n) is 2.86. The quantitative estimate of drug-likeness (QED) is 0.493. The van der Waals surface area contributed by atoms with Crippen LogP contribution in [-0.4, -0.2) is 75.2 Å². The van der Waals surface area contributed by atoms with Gasteiger partial charge in [0, 0.05) is 32.0 Å². The van der Waals surface area contributed by atoms with Crippen molar-refractivity contribution >= 4 is 11.9 Å². The van der Waals surface area contributed by atoms with Crippen molar-refractivity contribution in [3.8, 4) is 0 Å². The Morgan fingerprint density at radius 1 is 0.944 bits per heavy atom. The van der Waals surface area contributed by atoms with E-state index in [9.17, 15) is 26.3 Å². The number of nitrogens with zero attached hydrogens (tertiary/aromatic N) is 7. The molecule has 0 aliphatic carbocycles. The summed E-state index contributed by atoms with van der Waals surface area (Å²) in [5, 5.41) is 18.4. The molecular formula is C19H19F6N7O4. The van der Waals surface area contributed by atoms with Crippen LogP contribution in [0.4, 0.5) is 26.3 Å². The first-order valence-corrected chi connectivity index (χ1v) is 9.84. The van der Waals surface area contributed by atoms with E-state index < -0.39 is 24.3 Å². The van der Waals surface area contributed by atoms with Crippen LogP contribution in [0.5, 0.6) is 0 Å². The van der Waals surface area contributed by atoms with Crippen LogP contribution >= 0.6 is 0 Å². The first-order valence-electron chi connectivity index (χ1n) is 9.84. The lowest BCUT2D eigenvalue weighted by Crippen LogP contribution is -2.34. The monoisotopic (exact) mass is 523 g/mol. The summed E-state index contributed by atoms with van der Waals surface area (Å²) in [6, 6.07) is 4.10. The maximum absolute atomic E-state index is 10.6. The summed E-state index contributed by atoms with van der Waals surface area (Å²) in [4.78, 5) is 32.9. The Morgan fingerprint density at radius 2 is 1.58 bits per heavy atom. The zero-order valence-corrected chi connectivity index (χ0v) is 18.2. The second kappa shape index (κ2) is 12.1. The summed E-state index contributed by atoms with van der Waals surface area (Å²) in [6.45, 7) is 4.48. The van der Waals surface area contributed by atoms with Crippen molar-refractivity contribution < 1.29 is 46.1 Å². The van der Waals surface area contributed by atoms with Gasteiger partial charge in [0.25, 0.3) is 0 Å². The van der Waals surface area contributed by atoms with Crippen LogP contribution < -0.4 is 0 Å². The molecule has 4 rings (SSSR count). The maximum Gasteiger partial charge on any atom is 0.490 e. The van der Waals surface area contributed by atoms with Crippen molar-refractivity contribution in [2.75, 3.05) is 6.54 Å². The van der Waals surface area contributed by atoms with E-state index in [1.807, 2.05) is 29.3 Å². The van der Waals surface area contributed by atoms with Crippen molar-refractivity contribution in [3.63, 3.8) is 0 Å². The lowest BCUT2D eigenvalue weighted by Gasteiger charge is -2.28. The summed E-state index contributed by atoms with van der Waals surface area (Å²) in [5.41, 5.74) is 2.42. The predicted molar refractivity (Wildman–Crippen MR) is 107 cm³/mol. The van der Waals surface area contributed by atoms with Crippen molar-refractivity contribution in [1.29, 1.82) is 0 Å². The average molecular weight is 523 g/mol. The molecule has 0 aromatic carbocycles. The number of aliphatic carboxylic acids is 2. The lowest BCUT2D eigenvalue weighted by atomic mass is 10.2. The minimum Gasteiger partial charge on any atom is -0.475 e. The van der Waals surface area contributed by atoms with Crippen LogP contribution in [0.25, 0.3) is 0 Å². The number of rotatable bonds is 4. The fraction of sp³-hybridized carbons (Fsp3) is 0.368. The highest BCUT2D eigenvalue weighted by Crippen LogP contribution is 2.17. The number of aromatic nitrogens is 6. The molecular weight excluding hydrogens is 504 g/mol. The molecule has 1 aliphatic rings. The van der Waals surface area contributed by atoms with Crippen LogP contribution in [0.1, 0.15) is 17.1 Å². The van der Waals surface area contributed by atoms with Gasteiger partial charge in [-0.2, -0.15) is 31.4 Å². The van der Waals surface area contributed by atoms with Crippen molar-refractivity contribution in [1.82, 2.24) is 34.2 Å². The molecule has 196 valence electrons. The molecule has 0 saturated carbocycles. The molecule has 0 fully saturated rings. The predicted octanol–water partition coefficient (Wildman–Crippen LogP) is 2.20. The number of alkyl halides is 6. The van der Waals surface area contributed by atoms with Gasteiger partial charge < -0.3 is 14.8 Å². The minimum atomic E-state index is -5.08. The number of imidazole rings is 1. The second-order valence-electron chi connectivity index (χ2n) is 7.09. The number of carboxylic acids is 2. The Kier molecular flexibility index (Phi) is 9.48. The normalized spacial score (nSPS) is 13.5. The summed E-state index contributed by atoms with van der Waals surface area (Å²) in [7, 11) is 0. The van der Waals surface area contributed by atoms with Crippen molar-refractivity contribution in [2.45, 2.75) is 38.5 Å². The van der Waals surface area contributed by atoms with E-state index in [-0.39, 0.29) is 0 Å². The van der Waals surface area contributed by atoms with Gasteiger partial charge in [0.15, 0.2) is 0 Å². The highest BCUT2D eigenvalue weighted by molar-refractivity contribution is 5.73. The van der Waals surface area contributed by atoms with E-state index >= 15 is 0 Å². The van der Waals surface area contributed by atoms with E-state index in [2.05, 4.69) is 35.6 Å². The molecule has 1 aliphatic heterocycles. The Bertz CT molecular complexity index is 1090. The van der Waals surface area contributed by atoms with Gasteiger partial charge in [-0.25, -0.2) is 24.2 Å². The fourth-order valence-corrected chi connectivity index (χ4v) is 2.86. The minimum absolute atomic E-state index is 0.718. The molecule has 0 unspecified atom stereocenters. The van der Waals surface area contributed by atoms with Crippen molar-refractivity contribution in [3.05, 3.63) is 60.5 Å². The first kappa shape index (κ1) is 28.2. The summed E-state index contributed by atoms with van der Waals surface area (Å²) in [5.74, 6) is -4.40. The molecule has 3 aromatic heterocycles. The molecule has 0 spiro atoms. The topological polar surface area (TPSA) is 139 Å². The zero-order valence-electron chi connectivity index (χ0n) is 18.2. The lowest BCUT2D eigenvalue weighted by molar-refractivity contribution is -0.193. The number of halogens is 6. The largest absolute Gasteiger partial charge is 0.490 e. The summed E-state index contributed by atoms with van der Waals surface area (Å²) in [6.07, 6.45) is -1.19. The molecule has 36 heavy (non-hydrogen) atoms. The van der Waals surface area contributed by atoms with Gasteiger partial charge >= 0.3 is 24.3 Å². The number of fused-ring (bicyclic) bond motifs is 1. The number of pyridine rings is 1. The Hall–Kier alpha value is -4.02. The van der Waals surface area contributed by atoms with Crippen LogP contribution in [0.15, 0.2) is 43.4 Å².